The Bertz CT molecular complexity index is 459. The van der Waals surface area contributed by atoms with Crippen LogP contribution < -0.4 is 4.74 Å². The maximum Gasteiger partial charge on any atom is 0.232 e. The Hall–Kier alpha value is -0.160. The first-order chi connectivity index (χ1) is 7.38. The lowest BCUT2D eigenvalue weighted by molar-refractivity contribution is 0.318. The van der Waals surface area contributed by atoms with E-state index in [2.05, 4.69) is 0 Å². The summed E-state index contributed by atoms with van der Waals surface area (Å²) in [6, 6.07) is 4.82. The number of ether oxygens (including phenoxy) is 1. The van der Waals surface area contributed by atoms with Crippen molar-refractivity contribution in [2.75, 3.05) is 12.4 Å². The molecule has 1 rings (SSSR count). The van der Waals surface area contributed by atoms with E-state index in [1.807, 2.05) is 0 Å². The highest BCUT2D eigenvalue weighted by atomic mass is 35.7. The van der Waals surface area contributed by atoms with E-state index < -0.39 is 9.05 Å². The third-order valence-corrected chi connectivity index (χ3v) is 3.47. The summed E-state index contributed by atoms with van der Waals surface area (Å²) in [7, 11) is 1.58. The second-order valence-electron chi connectivity index (χ2n) is 3.02. The van der Waals surface area contributed by atoms with Crippen LogP contribution in [-0.4, -0.2) is 20.8 Å². The zero-order valence-corrected chi connectivity index (χ0v) is 11.2. The lowest BCUT2D eigenvalue weighted by Gasteiger charge is -2.07. The van der Waals surface area contributed by atoms with Crippen LogP contribution in [0, 0.1) is 0 Å². The van der Waals surface area contributed by atoms with Gasteiger partial charge in [-0.05, 0) is 18.6 Å². The Kier molecular flexibility index (Phi) is 5.18. The van der Waals surface area contributed by atoms with Crippen LogP contribution in [0.2, 0.25) is 10.0 Å². The maximum atomic E-state index is 10.6. The van der Waals surface area contributed by atoms with E-state index in [1.54, 1.807) is 18.2 Å². The van der Waals surface area contributed by atoms with Crippen LogP contribution in [-0.2, 0) is 9.05 Å². The summed E-state index contributed by atoms with van der Waals surface area (Å²) in [5, 5.41) is 0.933. The molecule has 0 radical (unpaired) electrons. The second-order valence-corrected chi connectivity index (χ2v) is 6.76. The topological polar surface area (TPSA) is 43.4 Å². The minimum Gasteiger partial charge on any atom is -0.492 e. The molecule has 3 nitrogen and oxygen atoms in total. The number of hydrogen-bond acceptors (Lipinski definition) is 3. The summed E-state index contributed by atoms with van der Waals surface area (Å²) in [5.74, 6) is 0.299. The first-order valence-corrected chi connectivity index (χ1v) is 7.62. The van der Waals surface area contributed by atoms with Crippen LogP contribution >= 0.6 is 33.9 Å². The van der Waals surface area contributed by atoms with E-state index in [1.165, 1.54) is 0 Å². The third-order valence-electron chi connectivity index (χ3n) is 1.68. The minimum absolute atomic E-state index is 0.132. The molecule has 0 saturated carbocycles. The van der Waals surface area contributed by atoms with Gasteiger partial charge in [0.05, 0.1) is 17.4 Å². The first kappa shape index (κ1) is 13.9. The molecule has 90 valence electrons. The highest BCUT2D eigenvalue weighted by Gasteiger charge is 2.06. The highest BCUT2D eigenvalue weighted by molar-refractivity contribution is 8.13. The summed E-state index contributed by atoms with van der Waals surface area (Å²) < 4.78 is 26.5. The molecule has 0 aliphatic carbocycles. The van der Waals surface area contributed by atoms with Crippen LogP contribution in [0.1, 0.15) is 6.42 Å². The first-order valence-electron chi connectivity index (χ1n) is 4.39. The van der Waals surface area contributed by atoms with Gasteiger partial charge in [0.15, 0.2) is 0 Å². The molecule has 0 atom stereocenters. The van der Waals surface area contributed by atoms with Gasteiger partial charge in [0.2, 0.25) is 9.05 Å². The highest BCUT2D eigenvalue weighted by Crippen LogP contribution is 2.27. The van der Waals surface area contributed by atoms with Crippen molar-refractivity contribution >= 4 is 42.9 Å². The number of hydrogen-bond donors (Lipinski definition) is 0. The van der Waals surface area contributed by atoms with Gasteiger partial charge in [-0.3, -0.25) is 0 Å². The molecule has 0 N–H and O–H groups in total. The van der Waals surface area contributed by atoms with Crippen LogP contribution in [0.5, 0.6) is 5.75 Å². The van der Waals surface area contributed by atoms with Crippen molar-refractivity contribution in [2.24, 2.45) is 0 Å². The van der Waals surface area contributed by atoms with E-state index >= 15 is 0 Å². The molecule has 0 bridgehead atoms. The molecule has 0 amide bonds. The third kappa shape index (κ3) is 5.25. The van der Waals surface area contributed by atoms with Gasteiger partial charge < -0.3 is 4.74 Å². The molecule has 7 heteroatoms. The van der Waals surface area contributed by atoms with E-state index in [9.17, 15) is 8.42 Å². The zero-order chi connectivity index (χ0) is 12.2. The van der Waals surface area contributed by atoms with Gasteiger partial charge in [-0.15, -0.1) is 0 Å². The average Bonchev–Trinajstić information content (AvgIpc) is 2.16. The fourth-order valence-corrected chi connectivity index (χ4v) is 2.13. The SMILES string of the molecule is O=S(=O)(Cl)CCCOc1cc(Cl)ccc1Cl. The second kappa shape index (κ2) is 5.96. The molecule has 1 aromatic rings. The Morgan fingerprint density at radius 1 is 1.25 bits per heavy atom. The van der Waals surface area contributed by atoms with Gasteiger partial charge in [0.1, 0.15) is 5.75 Å². The summed E-state index contributed by atoms with van der Waals surface area (Å²) in [6.07, 6.45) is 0.300. The standard InChI is InChI=1S/C9H9Cl3O3S/c10-7-2-3-8(11)9(6-7)15-4-1-5-16(12,13)14/h2-3,6H,1,4-5H2. The number of benzene rings is 1. The molecule has 0 fully saturated rings. The van der Waals surface area contributed by atoms with Crippen molar-refractivity contribution in [3.8, 4) is 5.75 Å². The van der Waals surface area contributed by atoms with E-state index in [-0.39, 0.29) is 12.4 Å². The maximum absolute atomic E-state index is 10.6. The van der Waals surface area contributed by atoms with Crippen LogP contribution in [0.4, 0.5) is 0 Å². The molecule has 0 aliphatic rings. The molecule has 0 aromatic heterocycles. The number of rotatable bonds is 5. The molecule has 0 saturated heterocycles. The Labute approximate surface area is 109 Å². The molecular weight excluding hydrogens is 295 g/mol. The zero-order valence-electron chi connectivity index (χ0n) is 8.12. The van der Waals surface area contributed by atoms with E-state index in [0.29, 0.717) is 22.2 Å². The van der Waals surface area contributed by atoms with Crippen molar-refractivity contribution in [3.63, 3.8) is 0 Å². The summed E-state index contributed by atoms with van der Waals surface area (Å²) in [6.45, 7) is 0.214. The van der Waals surface area contributed by atoms with Gasteiger partial charge in [-0.1, -0.05) is 23.2 Å². The Balaban J connectivity index is 2.46. The minimum atomic E-state index is -3.46. The molecule has 0 aliphatic heterocycles. The quantitative estimate of drug-likeness (QED) is 0.619. The normalized spacial score (nSPS) is 11.4. The summed E-state index contributed by atoms with van der Waals surface area (Å²) in [4.78, 5) is 0. The van der Waals surface area contributed by atoms with Crippen molar-refractivity contribution in [1.82, 2.24) is 0 Å². The lowest BCUT2D eigenvalue weighted by Crippen LogP contribution is -2.05. The van der Waals surface area contributed by atoms with Crippen molar-refractivity contribution in [2.45, 2.75) is 6.42 Å². The van der Waals surface area contributed by atoms with Gasteiger partial charge in [-0.2, -0.15) is 0 Å². The predicted molar refractivity (Wildman–Crippen MR) is 66.2 cm³/mol. The summed E-state index contributed by atoms with van der Waals surface area (Å²) >= 11 is 11.6. The largest absolute Gasteiger partial charge is 0.492 e. The van der Waals surface area contributed by atoms with E-state index in [0.717, 1.165) is 0 Å². The molecule has 0 spiro atoms. The molecule has 1 aromatic carbocycles. The molecule has 0 unspecified atom stereocenters. The van der Waals surface area contributed by atoms with Crippen molar-refractivity contribution < 1.29 is 13.2 Å². The van der Waals surface area contributed by atoms with Crippen molar-refractivity contribution in [3.05, 3.63) is 28.2 Å². The van der Waals surface area contributed by atoms with Crippen LogP contribution in [0.3, 0.4) is 0 Å². The van der Waals surface area contributed by atoms with Gasteiger partial charge in [0, 0.05) is 21.8 Å². The smallest absolute Gasteiger partial charge is 0.232 e. The van der Waals surface area contributed by atoms with Crippen LogP contribution in [0.15, 0.2) is 18.2 Å². The lowest BCUT2D eigenvalue weighted by atomic mass is 10.3. The Morgan fingerprint density at radius 3 is 2.56 bits per heavy atom. The number of halogens is 3. The van der Waals surface area contributed by atoms with Gasteiger partial charge in [-0.25, -0.2) is 8.42 Å². The molecule has 16 heavy (non-hydrogen) atoms. The van der Waals surface area contributed by atoms with E-state index in [4.69, 9.17) is 38.6 Å². The predicted octanol–water partition coefficient (Wildman–Crippen LogP) is 3.33. The fourth-order valence-electron chi connectivity index (χ4n) is 1.00. The molecular formula is C9H9Cl3O3S. The van der Waals surface area contributed by atoms with Gasteiger partial charge >= 0.3 is 0 Å². The average molecular weight is 304 g/mol. The monoisotopic (exact) mass is 302 g/mol. The summed E-state index contributed by atoms with van der Waals surface area (Å²) in [5.41, 5.74) is 0. The van der Waals surface area contributed by atoms with Gasteiger partial charge in [0.25, 0.3) is 0 Å². The molecule has 0 heterocycles. The Morgan fingerprint density at radius 2 is 1.94 bits per heavy atom. The fraction of sp³-hybridized carbons (Fsp3) is 0.333. The van der Waals surface area contributed by atoms with Crippen molar-refractivity contribution in [1.29, 1.82) is 0 Å². The van der Waals surface area contributed by atoms with Crippen LogP contribution in [0.25, 0.3) is 0 Å².